The number of hydrogen-bond donors (Lipinski definition) is 3. The molecule has 3 heterocycles. The lowest BCUT2D eigenvalue weighted by Gasteiger charge is -2.09. The highest BCUT2D eigenvalue weighted by Crippen LogP contribution is 2.23. The molecule has 0 fully saturated rings. The normalized spacial score (nSPS) is 10.4. The van der Waals surface area contributed by atoms with E-state index in [9.17, 15) is 4.79 Å². The molecule has 3 rings (SSSR count). The van der Waals surface area contributed by atoms with E-state index in [1.807, 2.05) is 11.4 Å². The Balaban J connectivity index is 1.46. The average Bonchev–Trinajstić information content (AvgIpc) is 3.02. The Morgan fingerprint density at radius 3 is 3.05 bits per heavy atom. The van der Waals surface area contributed by atoms with Crippen molar-refractivity contribution < 1.29 is 4.79 Å². The van der Waals surface area contributed by atoms with E-state index in [-0.39, 0.29) is 6.03 Å². The summed E-state index contributed by atoms with van der Waals surface area (Å²) in [5.74, 6) is 0.778. The largest absolute Gasteiger partial charge is 0.368 e. The van der Waals surface area contributed by atoms with Gasteiger partial charge in [0.05, 0.1) is 17.3 Å². The fourth-order valence-corrected chi connectivity index (χ4v) is 2.63. The minimum absolute atomic E-state index is 0.266. The third-order valence-corrected chi connectivity index (χ3v) is 3.70. The molecule has 0 saturated carbocycles. The highest BCUT2D eigenvalue weighted by molar-refractivity contribution is 7.16. The molecule has 3 aromatic heterocycles. The van der Waals surface area contributed by atoms with E-state index in [1.54, 1.807) is 35.9 Å². The SMILES string of the molecule is O=C(NCCNc1ncnc2sccc12)Nc1cccnc1. The number of urea groups is 1. The maximum atomic E-state index is 11.7. The van der Waals surface area contributed by atoms with E-state index < -0.39 is 0 Å². The minimum atomic E-state index is -0.266. The lowest BCUT2D eigenvalue weighted by Crippen LogP contribution is -2.32. The van der Waals surface area contributed by atoms with Gasteiger partial charge in [-0.15, -0.1) is 11.3 Å². The van der Waals surface area contributed by atoms with Crippen molar-refractivity contribution in [1.82, 2.24) is 20.3 Å². The van der Waals surface area contributed by atoms with E-state index >= 15 is 0 Å². The third-order valence-electron chi connectivity index (χ3n) is 2.88. The number of hydrogen-bond acceptors (Lipinski definition) is 6. The molecule has 0 radical (unpaired) electrons. The summed E-state index contributed by atoms with van der Waals surface area (Å²) in [7, 11) is 0. The van der Waals surface area contributed by atoms with Gasteiger partial charge in [-0.1, -0.05) is 0 Å². The summed E-state index contributed by atoms with van der Waals surface area (Å²) < 4.78 is 0. The summed E-state index contributed by atoms with van der Waals surface area (Å²) in [4.78, 5) is 25.0. The molecule has 22 heavy (non-hydrogen) atoms. The summed E-state index contributed by atoms with van der Waals surface area (Å²) in [5, 5.41) is 11.6. The molecule has 0 bridgehead atoms. The van der Waals surface area contributed by atoms with Crippen LogP contribution in [0.4, 0.5) is 16.3 Å². The van der Waals surface area contributed by atoms with E-state index in [1.165, 1.54) is 6.33 Å². The van der Waals surface area contributed by atoms with Gasteiger partial charge in [0.25, 0.3) is 0 Å². The third kappa shape index (κ3) is 3.47. The first-order valence-corrected chi connectivity index (χ1v) is 7.58. The summed E-state index contributed by atoms with van der Waals surface area (Å²) in [5.41, 5.74) is 0.656. The number of carbonyl (C=O) groups excluding carboxylic acids is 1. The summed E-state index contributed by atoms with van der Waals surface area (Å²) >= 11 is 1.57. The van der Waals surface area contributed by atoms with Crippen molar-refractivity contribution in [3.8, 4) is 0 Å². The highest BCUT2D eigenvalue weighted by Gasteiger charge is 2.04. The Kier molecular flexibility index (Phi) is 4.40. The molecule has 3 N–H and O–H groups in total. The van der Waals surface area contributed by atoms with Crippen molar-refractivity contribution in [3.05, 3.63) is 42.3 Å². The van der Waals surface area contributed by atoms with Crippen LogP contribution >= 0.6 is 11.3 Å². The smallest absolute Gasteiger partial charge is 0.319 e. The quantitative estimate of drug-likeness (QED) is 0.629. The number of fused-ring (bicyclic) bond motifs is 1. The number of aromatic nitrogens is 3. The molecule has 0 aliphatic rings. The van der Waals surface area contributed by atoms with Crippen LogP contribution in [-0.2, 0) is 0 Å². The first-order chi connectivity index (χ1) is 10.8. The van der Waals surface area contributed by atoms with E-state index in [0.717, 1.165) is 16.0 Å². The monoisotopic (exact) mass is 314 g/mol. The van der Waals surface area contributed by atoms with Crippen molar-refractivity contribution in [3.63, 3.8) is 0 Å². The number of amides is 2. The number of carbonyl (C=O) groups is 1. The van der Waals surface area contributed by atoms with Gasteiger partial charge in [0.15, 0.2) is 0 Å². The van der Waals surface area contributed by atoms with Gasteiger partial charge in [0.2, 0.25) is 0 Å². The number of pyridine rings is 1. The molecule has 0 unspecified atom stereocenters. The molecule has 0 aliphatic heterocycles. The van der Waals surface area contributed by atoms with Gasteiger partial charge in [0, 0.05) is 19.3 Å². The molecular formula is C14H14N6OS. The van der Waals surface area contributed by atoms with E-state index in [2.05, 4.69) is 30.9 Å². The number of rotatable bonds is 5. The standard InChI is InChI=1S/C14H14N6OS/c21-14(20-10-2-1-4-15-8-10)17-6-5-16-12-11-3-7-22-13(11)19-9-18-12/h1-4,7-9H,5-6H2,(H,16,18,19)(H2,17,20,21). The summed E-state index contributed by atoms with van der Waals surface area (Å²) in [6, 6.07) is 5.25. The van der Waals surface area contributed by atoms with Gasteiger partial charge in [-0.2, -0.15) is 0 Å². The fraction of sp³-hybridized carbons (Fsp3) is 0.143. The second-order valence-electron chi connectivity index (χ2n) is 4.41. The molecule has 7 nitrogen and oxygen atoms in total. The zero-order valence-electron chi connectivity index (χ0n) is 11.6. The maximum Gasteiger partial charge on any atom is 0.319 e. The molecule has 0 aliphatic carbocycles. The van der Waals surface area contributed by atoms with Crippen LogP contribution in [0.25, 0.3) is 10.2 Å². The number of nitrogens with zero attached hydrogens (tertiary/aromatic N) is 3. The Morgan fingerprint density at radius 1 is 1.23 bits per heavy atom. The van der Waals surface area contributed by atoms with Crippen molar-refractivity contribution in [1.29, 1.82) is 0 Å². The van der Waals surface area contributed by atoms with Crippen LogP contribution in [0.1, 0.15) is 0 Å². The van der Waals surface area contributed by atoms with Gasteiger partial charge in [-0.05, 0) is 23.6 Å². The molecular weight excluding hydrogens is 300 g/mol. The first-order valence-electron chi connectivity index (χ1n) is 6.70. The fourth-order valence-electron chi connectivity index (χ4n) is 1.90. The van der Waals surface area contributed by atoms with Crippen LogP contribution in [0.5, 0.6) is 0 Å². The lowest BCUT2D eigenvalue weighted by molar-refractivity contribution is 0.252. The zero-order valence-corrected chi connectivity index (χ0v) is 12.4. The van der Waals surface area contributed by atoms with Crippen LogP contribution in [0.15, 0.2) is 42.3 Å². The Hall–Kier alpha value is -2.74. The molecule has 0 aromatic carbocycles. The predicted octanol–water partition coefficient (Wildman–Crippen LogP) is 2.32. The number of anilines is 2. The van der Waals surface area contributed by atoms with E-state index in [0.29, 0.717) is 18.8 Å². The second-order valence-corrected chi connectivity index (χ2v) is 5.31. The van der Waals surface area contributed by atoms with Crippen LogP contribution in [-0.4, -0.2) is 34.1 Å². The topological polar surface area (TPSA) is 91.8 Å². The van der Waals surface area contributed by atoms with Gasteiger partial charge < -0.3 is 16.0 Å². The molecule has 3 aromatic rings. The minimum Gasteiger partial charge on any atom is -0.368 e. The molecule has 0 atom stereocenters. The summed E-state index contributed by atoms with van der Waals surface area (Å²) in [6.45, 7) is 1.05. The Morgan fingerprint density at radius 2 is 2.18 bits per heavy atom. The molecule has 0 spiro atoms. The van der Waals surface area contributed by atoms with Gasteiger partial charge in [-0.25, -0.2) is 14.8 Å². The van der Waals surface area contributed by atoms with Crippen molar-refractivity contribution in [2.24, 2.45) is 0 Å². The second kappa shape index (κ2) is 6.81. The van der Waals surface area contributed by atoms with Crippen molar-refractivity contribution >= 4 is 39.1 Å². The van der Waals surface area contributed by atoms with Gasteiger partial charge in [0.1, 0.15) is 17.0 Å². The van der Waals surface area contributed by atoms with Crippen LogP contribution in [0.3, 0.4) is 0 Å². The van der Waals surface area contributed by atoms with Gasteiger partial charge in [-0.3, -0.25) is 4.98 Å². The van der Waals surface area contributed by atoms with Crippen LogP contribution < -0.4 is 16.0 Å². The van der Waals surface area contributed by atoms with Crippen molar-refractivity contribution in [2.75, 3.05) is 23.7 Å². The molecule has 8 heteroatoms. The maximum absolute atomic E-state index is 11.7. The Bertz CT molecular complexity index is 760. The van der Waals surface area contributed by atoms with Gasteiger partial charge >= 0.3 is 6.03 Å². The Labute approximate surface area is 130 Å². The number of thiophene rings is 1. The lowest BCUT2D eigenvalue weighted by atomic mass is 10.4. The highest BCUT2D eigenvalue weighted by atomic mass is 32.1. The average molecular weight is 314 g/mol. The molecule has 0 saturated heterocycles. The van der Waals surface area contributed by atoms with Crippen LogP contribution in [0, 0.1) is 0 Å². The molecule has 2 amide bonds. The first kappa shape index (κ1) is 14.2. The van der Waals surface area contributed by atoms with Crippen molar-refractivity contribution in [2.45, 2.75) is 0 Å². The predicted molar refractivity (Wildman–Crippen MR) is 87.2 cm³/mol. The molecule has 112 valence electrons. The van der Waals surface area contributed by atoms with E-state index in [4.69, 9.17) is 0 Å². The van der Waals surface area contributed by atoms with Crippen LogP contribution in [0.2, 0.25) is 0 Å². The number of nitrogens with one attached hydrogen (secondary N) is 3. The summed E-state index contributed by atoms with van der Waals surface area (Å²) in [6.07, 6.45) is 4.77. The zero-order chi connectivity index (χ0) is 15.2.